The Bertz CT molecular complexity index is 1080. The van der Waals surface area contributed by atoms with Crippen LogP contribution in [0.15, 0.2) is 60.0 Å². The number of hydrogen-bond donors (Lipinski definition) is 0. The molecule has 0 bridgehead atoms. The van der Waals surface area contributed by atoms with Gasteiger partial charge in [-0.05, 0) is 47.5 Å². The number of hydrazone groups is 1. The van der Waals surface area contributed by atoms with Gasteiger partial charge in [0.2, 0.25) is 5.91 Å². The molecule has 1 aliphatic rings. The number of fused-ring (bicyclic) bond motifs is 1. The zero-order valence-corrected chi connectivity index (χ0v) is 17.1. The minimum absolute atomic E-state index is 0.00902. The number of amides is 1. The monoisotopic (exact) mass is 388 g/mol. The molecule has 0 fully saturated rings. The summed E-state index contributed by atoms with van der Waals surface area (Å²) in [6.45, 7) is 5.75. The lowest BCUT2D eigenvalue weighted by Crippen LogP contribution is -2.36. The second kappa shape index (κ2) is 7.28. The summed E-state index contributed by atoms with van der Waals surface area (Å²) in [6, 6.07) is 13.6. The lowest BCUT2D eigenvalue weighted by Gasteiger charge is -2.28. The number of ether oxygens (including phenoxy) is 1. The third-order valence-electron chi connectivity index (χ3n) is 5.06. The Morgan fingerprint density at radius 3 is 2.38 bits per heavy atom. The van der Waals surface area contributed by atoms with E-state index in [1.165, 1.54) is 0 Å². The van der Waals surface area contributed by atoms with Gasteiger partial charge in [0.05, 0.1) is 29.9 Å². The molecule has 0 saturated heterocycles. The second-order valence-corrected chi connectivity index (χ2v) is 8.20. The summed E-state index contributed by atoms with van der Waals surface area (Å²) in [6.07, 6.45) is 4.00. The highest BCUT2D eigenvalue weighted by Crippen LogP contribution is 2.36. The summed E-state index contributed by atoms with van der Waals surface area (Å²) in [7, 11) is 1.64. The van der Waals surface area contributed by atoms with Gasteiger partial charge >= 0.3 is 0 Å². The van der Waals surface area contributed by atoms with Crippen LogP contribution in [-0.4, -0.2) is 33.7 Å². The molecule has 4 rings (SSSR count). The second-order valence-electron chi connectivity index (χ2n) is 8.20. The van der Waals surface area contributed by atoms with Crippen molar-refractivity contribution in [3.63, 3.8) is 0 Å². The normalized spacial score (nSPS) is 16.8. The summed E-state index contributed by atoms with van der Waals surface area (Å²) in [5.41, 5.74) is 3.98. The highest BCUT2D eigenvalue weighted by atomic mass is 16.5. The van der Waals surface area contributed by atoms with Crippen molar-refractivity contribution in [2.75, 3.05) is 7.11 Å². The highest BCUT2D eigenvalue weighted by Gasteiger charge is 2.38. The van der Waals surface area contributed by atoms with E-state index < -0.39 is 5.41 Å². The molecule has 1 atom stereocenters. The number of rotatable bonds is 3. The molecule has 0 N–H and O–H groups in total. The molecule has 1 aromatic heterocycles. The van der Waals surface area contributed by atoms with Gasteiger partial charge in [-0.15, -0.1) is 0 Å². The van der Waals surface area contributed by atoms with Crippen LogP contribution in [0.2, 0.25) is 0 Å². The van der Waals surface area contributed by atoms with E-state index in [9.17, 15) is 4.79 Å². The fraction of sp³-hybridized carbons (Fsp3) is 0.304. The van der Waals surface area contributed by atoms with Crippen molar-refractivity contribution in [1.29, 1.82) is 0 Å². The molecule has 0 spiro atoms. The molecular weight excluding hydrogens is 364 g/mol. The molecule has 3 aromatic rings. The number of hydrogen-bond acceptors (Lipinski definition) is 5. The van der Waals surface area contributed by atoms with Gasteiger partial charge in [-0.2, -0.15) is 5.10 Å². The quantitative estimate of drug-likeness (QED) is 0.668. The van der Waals surface area contributed by atoms with Crippen LogP contribution in [0.25, 0.3) is 11.0 Å². The zero-order chi connectivity index (χ0) is 20.6. The Morgan fingerprint density at radius 1 is 1.03 bits per heavy atom. The Labute approximate surface area is 170 Å². The van der Waals surface area contributed by atoms with E-state index in [1.807, 2.05) is 63.2 Å². The predicted molar refractivity (Wildman–Crippen MR) is 113 cm³/mol. The summed E-state index contributed by atoms with van der Waals surface area (Å²) in [4.78, 5) is 21.9. The first-order valence-electron chi connectivity index (χ1n) is 9.63. The van der Waals surface area contributed by atoms with Gasteiger partial charge in [0, 0.05) is 24.2 Å². The van der Waals surface area contributed by atoms with Crippen LogP contribution in [0.4, 0.5) is 0 Å². The first kappa shape index (κ1) is 19.1. The van der Waals surface area contributed by atoms with E-state index >= 15 is 0 Å². The van der Waals surface area contributed by atoms with Gasteiger partial charge in [-0.3, -0.25) is 14.8 Å². The average Bonchev–Trinajstić information content (AvgIpc) is 3.17. The van der Waals surface area contributed by atoms with Crippen LogP contribution < -0.4 is 4.74 Å². The van der Waals surface area contributed by atoms with Gasteiger partial charge < -0.3 is 4.74 Å². The molecule has 0 unspecified atom stereocenters. The molecule has 0 saturated carbocycles. The van der Waals surface area contributed by atoms with Crippen molar-refractivity contribution in [2.24, 2.45) is 10.5 Å². The van der Waals surface area contributed by atoms with Crippen molar-refractivity contribution < 1.29 is 9.53 Å². The Morgan fingerprint density at radius 2 is 1.72 bits per heavy atom. The van der Waals surface area contributed by atoms with Gasteiger partial charge in [-0.1, -0.05) is 26.8 Å². The number of aromatic nitrogens is 2. The highest BCUT2D eigenvalue weighted by molar-refractivity contribution is 6.03. The minimum atomic E-state index is -0.534. The Kier molecular flexibility index (Phi) is 4.78. The van der Waals surface area contributed by atoms with Crippen LogP contribution in [0.3, 0.4) is 0 Å². The number of benzene rings is 2. The molecule has 2 aromatic carbocycles. The third kappa shape index (κ3) is 3.70. The van der Waals surface area contributed by atoms with Gasteiger partial charge in [-0.25, -0.2) is 5.01 Å². The number of carbonyl (C=O) groups excluding carboxylic acids is 1. The molecule has 29 heavy (non-hydrogen) atoms. The summed E-state index contributed by atoms with van der Waals surface area (Å²) < 4.78 is 5.25. The van der Waals surface area contributed by atoms with Crippen molar-refractivity contribution in [1.82, 2.24) is 15.0 Å². The molecule has 0 radical (unpaired) electrons. The first-order valence-corrected chi connectivity index (χ1v) is 9.63. The molecule has 0 aliphatic carbocycles. The average molecular weight is 388 g/mol. The molecule has 1 aliphatic heterocycles. The number of methoxy groups -OCH3 is 1. The van der Waals surface area contributed by atoms with Crippen LogP contribution in [0.5, 0.6) is 5.75 Å². The van der Waals surface area contributed by atoms with Crippen molar-refractivity contribution in [3.8, 4) is 5.75 Å². The summed E-state index contributed by atoms with van der Waals surface area (Å²) in [5, 5.41) is 6.38. The van der Waals surface area contributed by atoms with Gasteiger partial charge in [0.15, 0.2) is 0 Å². The summed E-state index contributed by atoms with van der Waals surface area (Å²) in [5.74, 6) is 0.782. The lowest BCUT2D eigenvalue weighted by molar-refractivity contribution is -0.141. The standard InChI is InChI=1S/C23H24N4O2/c1-23(2,3)22(28)27-21(16-7-10-18-20(13-16)25-12-11-24-18)14-19(26-27)15-5-8-17(29-4)9-6-15/h5-13,21H,14H2,1-4H3/t21-/m0/s1. The van der Waals surface area contributed by atoms with E-state index in [-0.39, 0.29) is 11.9 Å². The Balaban J connectivity index is 1.73. The topological polar surface area (TPSA) is 67.7 Å². The third-order valence-corrected chi connectivity index (χ3v) is 5.06. The van der Waals surface area contributed by atoms with Crippen LogP contribution in [0, 0.1) is 5.41 Å². The predicted octanol–water partition coefficient (Wildman–Crippen LogP) is 4.36. The lowest BCUT2D eigenvalue weighted by atomic mass is 9.93. The molecule has 1 amide bonds. The molecule has 148 valence electrons. The molecular formula is C23H24N4O2. The maximum absolute atomic E-state index is 13.2. The van der Waals surface area contributed by atoms with Crippen molar-refractivity contribution in [3.05, 3.63) is 66.0 Å². The molecule has 2 heterocycles. The summed E-state index contributed by atoms with van der Waals surface area (Å²) >= 11 is 0. The molecule has 6 heteroatoms. The van der Waals surface area contributed by atoms with E-state index in [0.717, 1.165) is 33.6 Å². The fourth-order valence-corrected chi connectivity index (χ4v) is 3.45. The van der Waals surface area contributed by atoms with Gasteiger partial charge in [0.25, 0.3) is 0 Å². The first-order chi connectivity index (χ1) is 13.9. The van der Waals surface area contributed by atoms with Crippen molar-refractivity contribution in [2.45, 2.75) is 33.2 Å². The van der Waals surface area contributed by atoms with Crippen LogP contribution in [0.1, 0.15) is 44.4 Å². The van der Waals surface area contributed by atoms with E-state index in [4.69, 9.17) is 9.84 Å². The van der Waals surface area contributed by atoms with Gasteiger partial charge in [0.1, 0.15) is 5.75 Å². The Hall–Kier alpha value is -3.28. The van der Waals surface area contributed by atoms with Crippen molar-refractivity contribution >= 4 is 22.7 Å². The van der Waals surface area contributed by atoms with E-state index in [0.29, 0.717) is 6.42 Å². The SMILES string of the molecule is COc1ccc(C2=NN(C(=O)C(C)(C)C)[C@H](c3ccc4nccnc4c3)C2)cc1. The largest absolute Gasteiger partial charge is 0.497 e. The number of nitrogens with zero attached hydrogens (tertiary/aromatic N) is 4. The van der Waals surface area contributed by atoms with E-state index in [1.54, 1.807) is 24.5 Å². The molecule has 6 nitrogen and oxygen atoms in total. The smallest absolute Gasteiger partial charge is 0.248 e. The van der Waals surface area contributed by atoms with Crippen LogP contribution >= 0.6 is 0 Å². The fourth-order valence-electron chi connectivity index (χ4n) is 3.45. The number of carbonyl (C=O) groups is 1. The maximum atomic E-state index is 13.2. The zero-order valence-electron chi connectivity index (χ0n) is 17.1. The van der Waals surface area contributed by atoms with E-state index in [2.05, 4.69) is 9.97 Å². The minimum Gasteiger partial charge on any atom is -0.497 e. The van der Waals surface area contributed by atoms with Crippen LogP contribution in [-0.2, 0) is 4.79 Å². The maximum Gasteiger partial charge on any atom is 0.248 e.